The molecule has 146 valence electrons. The lowest BCUT2D eigenvalue weighted by molar-refractivity contribution is -0.156. The van der Waals surface area contributed by atoms with Crippen LogP contribution in [0, 0.1) is 0 Å². The van der Waals surface area contributed by atoms with Crippen LogP contribution in [0.25, 0.3) is 0 Å². The molecule has 28 heavy (non-hydrogen) atoms. The zero-order valence-electron chi connectivity index (χ0n) is 15.1. The predicted octanol–water partition coefficient (Wildman–Crippen LogP) is 2.30. The van der Waals surface area contributed by atoms with Crippen molar-refractivity contribution in [2.75, 3.05) is 19.6 Å². The highest BCUT2D eigenvalue weighted by Crippen LogP contribution is 2.30. The molecule has 8 heteroatoms. The van der Waals surface area contributed by atoms with E-state index in [1.807, 2.05) is 6.92 Å². The molecule has 0 unspecified atom stereocenters. The standard InChI is InChI=1S/C20H17NO6.ClH/c1-2-21-9-11(10-21)26-17(23)8-15(22)16-7-14-18(24)12-5-3-4-6-13(12)19(25)20(14)27-16;/h3-7,11H,2,8-10H2,1H3;1H. The molecule has 1 aliphatic carbocycles. The van der Waals surface area contributed by atoms with Crippen LogP contribution in [0.5, 0.6) is 0 Å². The molecule has 1 aromatic heterocycles. The summed E-state index contributed by atoms with van der Waals surface area (Å²) < 4.78 is 10.6. The molecule has 2 heterocycles. The molecule has 0 amide bonds. The predicted molar refractivity (Wildman–Crippen MR) is 100 cm³/mol. The first-order valence-corrected chi connectivity index (χ1v) is 8.75. The highest BCUT2D eigenvalue weighted by molar-refractivity contribution is 6.28. The minimum Gasteiger partial charge on any atom is -0.459 e. The topological polar surface area (TPSA) is 93.9 Å². The molecule has 2 aromatic rings. The van der Waals surface area contributed by atoms with Crippen molar-refractivity contribution >= 4 is 35.7 Å². The number of likely N-dealkylation sites (N-methyl/N-ethyl adjacent to an activating group) is 1. The second-order valence-corrected chi connectivity index (χ2v) is 6.62. The first-order chi connectivity index (χ1) is 13.0. The van der Waals surface area contributed by atoms with Gasteiger partial charge >= 0.3 is 5.97 Å². The molecule has 0 atom stereocenters. The van der Waals surface area contributed by atoms with Gasteiger partial charge in [0, 0.05) is 24.2 Å². The van der Waals surface area contributed by atoms with E-state index in [4.69, 9.17) is 9.15 Å². The molecular weight excluding hydrogens is 386 g/mol. The third kappa shape index (κ3) is 3.39. The zero-order chi connectivity index (χ0) is 19.1. The van der Waals surface area contributed by atoms with Crippen LogP contribution in [0.15, 0.2) is 34.7 Å². The number of furan rings is 1. The summed E-state index contributed by atoms with van der Waals surface area (Å²) in [5.41, 5.74) is 0.570. The van der Waals surface area contributed by atoms with E-state index in [0.717, 1.165) is 6.54 Å². The van der Waals surface area contributed by atoms with Crippen molar-refractivity contribution in [3.63, 3.8) is 0 Å². The highest BCUT2D eigenvalue weighted by Gasteiger charge is 2.35. The SMILES string of the molecule is CCN1CC(OC(=O)CC(=O)c2cc3c(o2)C(=O)c2ccccc2C3=O)C1.Cl. The first-order valence-electron chi connectivity index (χ1n) is 8.75. The number of carbonyl (C=O) groups excluding carboxylic acids is 4. The monoisotopic (exact) mass is 403 g/mol. The molecule has 1 aliphatic heterocycles. The highest BCUT2D eigenvalue weighted by atomic mass is 35.5. The summed E-state index contributed by atoms with van der Waals surface area (Å²) in [6, 6.07) is 7.65. The number of halogens is 1. The van der Waals surface area contributed by atoms with Gasteiger partial charge in [0.15, 0.2) is 17.3 Å². The van der Waals surface area contributed by atoms with E-state index in [1.165, 1.54) is 12.1 Å². The van der Waals surface area contributed by atoms with Crippen molar-refractivity contribution in [3.05, 3.63) is 58.5 Å². The number of nitrogens with zero attached hydrogens (tertiary/aromatic N) is 1. The number of likely N-dealkylation sites (tertiary alicyclic amines) is 1. The fourth-order valence-corrected chi connectivity index (χ4v) is 3.31. The second-order valence-electron chi connectivity index (χ2n) is 6.62. The van der Waals surface area contributed by atoms with E-state index in [9.17, 15) is 19.2 Å². The lowest BCUT2D eigenvalue weighted by Crippen LogP contribution is -2.52. The van der Waals surface area contributed by atoms with Gasteiger partial charge in [0.1, 0.15) is 12.5 Å². The lowest BCUT2D eigenvalue weighted by Gasteiger charge is -2.37. The van der Waals surface area contributed by atoms with Crippen molar-refractivity contribution in [1.29, 1.82) is 0 Å². The van der Waals surface area contributed by atoms with Gasteiger partial charge in [-0.05, 0) is 12.6 Å². The maximum absolute atomic E-state index is 12.5. The minimum absolute atomic E-state index is 0. The molecule has 2 aliphatic rings. The van der Waals surface area contributed by atoms with Gasteiger partial charge in [0.2, 0.25) is 11.6 Å². The molecule has 0 radical (unpaired) electrons. The summed E-state index contributed by atoms with van der Waals surface area (Å²) >= 11 is 0. The average Bonchev–Trinajstić information content (AvgIpc) is 3.08. The maximum Gasteiger partial charge on any atom is 0.314 e. The molecule has 1 aromatic carbocycles. The van der Waals surface area contributed by atoms with Crippen LogP contribution >= 0.6 is 12.4 Å². The van der Waals surface area contributed by atoms with E-state index in [2.05, 4.69) is 4.90 Å². The van der Waals surface area contributed by atoms with E-state index in [-0.39, 0.29) is 52.5 Å². The van der Waals surface area contributed by atoms with Crippen LogP contribution in [0.4, 0.5) is 0 Å². The fourth-order valence-electron chi connectivity index (χ4n) is 3.31. The van der Waals surface area contributed by atoms with Crippen molar-refractivity contribution in [1.82, 2.24) is 4.90 Å². The van der Waals surface area contributed by atoms with Gasteiger partial charge in [-0.25, -0.2) is 0 Å². The van der Waals surface area contributed by atoms with Gasteiger partial charge in [-0.2, -0.15) is 0 Å². The summed E-state index contributed by atoms with van der Waals surface area (Å²) in [5, 5.41) is 0. The Morgan fingerprint density at radius 1 is 1.11 bits per heavy atom. The van der Waals surface area contributed by atoms with Crippen molar-refractivity contribution in [2.45, 2.75) is 19.4 Å². The van der Waals surface area contributed by atoms with Crippen LogP contribution in [0.1, 0.15) is 55.9 Å². The number of benzene rings is 1. The largest absolute Gasteiger partial charge is 0.459 e. The smallest absolute Gasteiger partial charge is 0.314 e. The van der Waals surface area contributed by atoms with Gasteiger partial charge in [-0.15, -0.1) is 12.4 Å². The zero-order valence-corrected chi connectivity index (χ0v) is 15.9. The van der Waals surface area contributed by atoms with Gasteiger partial charge in [-0.3, -0.25) is 24.1 Å². The van der Waals surface area contributed by atoms with Crippen molar-refractivity contribution in [3.8, 4) is 0 Å². The normalized spacial score (nSPS) is 15.9. The van der Waals surface area contributed by atoms with E-state index in [1.54, 1.807) is 18.2 Å². The van der Waals surface area contributed by atoms with Crippen molar-refractivity contribution in [2.24, 2.45) is 0 Å². The summed E-state index contributed by atoms with van der Waals surface area (Å²) in [6.07, 6.45) is -0.697. The first kappa shape index (κ1) is 20.0. The van der Waals surface area contributed by atoms with E-state index in [0.29, 0.717) is 13.1 Å². The van der Waals surface area contributed by atoms with Crippen molar-refractivity contribution < 1.29 is 28.3 Å². The molecule has 0 saturated carbocycles. The number of carbonyl (C=O) groups is 4. The Bertz CT molecular complexity index is 920. The number of rotatable bonds is 5. The molecular formula is C20H18ClNO6. The van der Waals surface area contributed by atoms with Gasteiger partial charge < -0.3 is 9.15 Å². The Hall–Kier alpha value is -2.77. The molecule has 7 nitrogen and oxygen atoms in total. The van der Waals surface area contributed by atoms with Crippen LogP contribution in [0.3, 0.4) is 0 Å². The number of ketones is 3. The molecule has 0 spiro atoms. The van der Waals surface area contributed by atoms with Crippen LogP contribution < -0.4 is 0 Å². The van der Waals surface area contributed by atoms with Crippen LogP contribution in [-0.2, 0) is 9.53 Å². The van der Waals surface area contributed by atoms with E-state index < -0.39 is 24.0 Å². The Kier molecular flexibility index (Phi) is 5.49. The molecule has 1 fully saturated rings. The number of Topliss-reactive ketones (excluding diaryl/α,β-unsaturated/α-hetero) is 1. The van der Waals surface area contributed by atoms with E-state index >= 15 is 0 Å². The van der Waals surface area contributed by atoms with Gasteiger partial charge in [0.25, 0.3) is 0 Å². The number of fused-ring (bicyclic) bond motifs is 2. The maximum atomic E-state index is 12.5. The average molecular weight is 404 g/mol. The van der Waals surface area contributed by atoms with Gasteiger partial charge in [0.05, 0.1) is 5.56 Å². The Morgan fingerprint density at radius 2 is 1.75 bits per heavy atom. The Balaban J connectivity index is 0.00000225. The van der Waals surface area contributed by atoms with Crippen LogP contribution in [-0.4, -0.2) is 54.0 Å². The Labute approximate surface area is 167 Å². The number of hydrogen-bond donors (Lipinski definition) is 0. The summed E-state index contributed by atoms with van der Waals surface area (Å²) in [6.45, 7) is 4.22. The minimum atomic E-state index is -0.643. The summed E-state index contributed by atoms with van der Waals surface area (Å²) in [7, 11) is 0. The molecule has 0 N–H and O–H groups in total. The number of ether oxygens (including phenoxy) is 1. The third-order valence-electron chi connectivity index (χ3n) is 4.85. The second kappa shape index (κ2) is 7.69. The number of esters is 1. The number of hydrogen-bond acceptors (Lipinski definition) is 7. The fraction of sp³-hybridized carbons (Fsp3) is 0.300. The lowest BCUT2D eigenvalue weighted by atomic mass is 9.88. The molecule has 4 rings (SSSR count). The van der Waals surface area contributed by atoms with Gasteiger partial charge in [-0.1, -0.05) is 31.2 Å². The quantitative estimate of drug-likeness (QED) is 0.366. The molecule has 0 bridgehead atoms. The Morgan fingerprint density at radius 3 is 2.39 bits per heavy atom. The third-order valence-corrected chi connectivity index (χ3v) is 4.85. The summed E-state index contributed by atoms with van der Waals surface area (Å²) in [5.74, 6) is -2.43. The van der Waals surface area contributed by atoms with Crippen LogP contribution in [0.2, 0.25) is 0 Å². The molecule has 1 saturated heterocycles. The summed E-state index contributed by atoms with van der Waals surface area (Å²) in [4.78, 5) is 51.4.